The van der Waals surface area contributed by atoms with E-state index in [1.807, 2.05) is 40.1 Å². The van der Waals surface area contributed by atoms with Gasteiger partial charge in [0.15, 0.2) is 0 Å². The molecule has 2 spiro atoms. The van der Waals surface area contributed by atoms with Gasteiger partial charge in [0.2, 0.25) is 0 Å². The van der Waals surface area contributed by atoms with Gasteiger partial charge in [-0.3, -0.25) is 4.98 Å². The number of hydrogen-bond acceptors (Lipinski definition) is 3. The van der Waals surface area contributed by atoms with Crippen LogP contribution in [0.4, 0.5) is 0 Å². The Labute approximate surface area is 243 Å². The minimum absolute atomic E-state index is 0.0165. The first-order valence-corrected chi connectivity index (χ1v) is 16.8. The molecule has 3 heteroatoms. The first-order valence-electron chi connectivity index (χ1n) is 16.8. The Morgan fingerprint density at radius 1 is 0.925 bits per heavy atom. The molecule has 0 amide bonds. The maximum atomic E-state index is 7.56. The molecule has 216 valence electrons. The van der Waals surface area contributed by atoms with Gasteiger partial charge < -0.3 is 9.64 Å². The van der Waals surface area contributed by atoms with Gasteiger partial charge in [-0.05, 0) is 129 Å². The molecule has 3 nitrogen and oxygen atoms in total. The van der Waals surface area contributed by atoms with Crippen molar-refractivity contribution in [1.82, 2.24) is 9.88 Å². The number of piperidine rings is 1. The first kappa shape index (κ1) is 28.2. The zero-order chi connectivity index (χ0) is 28.0. The minimum atomic E-state index is -0.0482. The molecule has 0 radical (unpaired) electrons. The predicted molar refractivity (Wildman–Crippen MR) is 168 cm³/mol. The van der Waals surface area contributed by atoms with E-state index in [0.717, 1.165) is 6.04 Å². The third-order valence-electron chi connectivity index (χ3n) is 11.6. The van der Waals surface area contributed by atoms with Crippen molar-refractivity contribution < 1.29 is 4.74 Å². The lowest BCUT2D eigenvalue weighted by Crippen LogP contribution is -2.55. The van der Waals surface area contributed by atoms with Crippen LogP contribution < -0.4 is 0 Å². The van der Waals surface area contributed by atoms with E-state index in [0.29, 0.717) is 11.8 Å². The van der Waals surface area contributed by atoms with Crippen LogP contribution in [0, 0.1) is 11.3 Å². The van der Waals surface area contributed by atoms with Crippen LogP contribution in [0.2, 0.25) is 0 Å². The second kappa shape index (κ2) is 11.0. The van der Waals surface area contributed by atoms with Gasteiger partial charge >= 0.3 is 0 Å². The third-order valence-corrected chi connectivity index (χ3v) is 11.6. The number of benzene rings is 1. The van der Waals surface area contributed by atoms with Crippen molar-refractivity contribution in [2.75, 3.05) is 13.1 Å². The molecule has 2 saturated heterocycles. The van der Waals surface area contributed by atoms with E-state index in [1.165, 1.54) is 100 Å². The Hall–Kier alpha value is -1.97. The second-order valence-corrected chi connectivity index (χ2v) is 13.2. The van der Waals surface area contributed by atoms with Gasteiger partial charge in [0.1, 0.15) is 0 Å². The fourth-order valence-electron chi connectivity index (χ4n) is 9.85. The summed E-state index contributed by atoms with van der Waals surface area (Å²) >= 11 is 0. The summed E-state index contributed by atoms with van der Waals surface area (Å²) in [6.45, 7) is 13.2. The van der Waals surface area contributed by atoms with Crippen LogP contribution in [-0.4, -0.2) is 40.2 Å². The normalized spacial score (nSPS) is 38.0. The molecule has 2 bridgehead atoms. The van der Waals surface area contributed by atoms with Crippen molar-refractivity contribution in [3.63, 3.8) is 0 Å². The van der Waals surface area contributed by atoms with Gasteiger partial charge in [-0.2, -0.15) is 0 Å². The highest BCUT2D eigenvalue weighted by atomic mass is 16.5. The van der Waals surface area contributed by atoms with Crippen molar-refractivity contribution in [1.29, 1.82) is 0 Å². The van der Waals surface area contributed by atoms with Crippen molar-refractivity contribution in [3.05, 3.63) is 65.5 Å². The van der Waals surface area contributed by atoms with Crippen molar-refractivity contribution in [2.45, 2.75) is 128 Å². The number of likely N-dealkylation sites (tertiary alicyclic amines) is 1. The van der Waals surface area contributed by atoms with Crippen molar-refractivity contribution in [2.24, 2.45) is 11.3 Å². The Morgan fingerprint density at radius 3 is 2.58 bits per heavy atom. The van der Waals surface area contributed by atoms with Gasteiger partial charge in [-0.1, -0.05) is 65.3 Å². The number of rotatable bonds is 2. The predicted octanol–water partition coefficient (Wildman–Crippen LogP) is 9.38. The highest BCUT2D eigenvalue weighted by Gasteiger charge is 2.66. The molecule has 1 aromatic carbocycles. The Bertz CT molecular complexity index is 1270. The average molecular weight is 541 g/mol. The van der Waals surface area contributed by atoms with Crippen LogP contribution in [0.5, 0.6) is 0 Å². The summed E-state index contributed by atoms with van der Waals surface area (Å²) in [5.74, 6) is 1.21. The second-order valence-electron chi connectivity index (χ2n) is 13.2. The number of allylic oxidation sites excluding steroid dienone is 1. The molecule has 3 aliphatic carbocycles. The van der Waals surface area contributed by atoms with Crippen LogP contribution in [0.1, 0.15) is 117 Å². The van der Waals surface area contributed by atoms with Gasteiger partial charge in [0.25, 0.3) is 0 Å². The molecular weight excluding hydrogens is 488 g/mol. The van der Waals surface area contributed by atoms with Gasteiger partial charge in [-0.25, -0.2) is 0 Å². The van der Waals surface area contributed by atoms with Crippen LogP contribution in [0.3, 0.4) is 0 Å². The highest BCUT2D eigenvalue weighted by Crippen LogP contribution is 2.69. The molecule has 3 aliphatic heterocycles. The van der Waals surface area contributed by atoms with Crippen LogP contribution >= 0.6 is 0 Å². The summed E-state index contributed by atoms with van der Waals surface area (Å²) in [5, 5.41) is 2.57. The molecule has 2 aromatic rings. The lowest BCUT2D eigenvalue weighted by atomic mass is 9.58. The SMILES string of the molecule is CC.CC.C[C@]12CC=C3C=C4CC[C@@H](N5CCCCC5)C[C@]45CC[C@]3(O5)[C@@H]1CC[C@@H]2c1ccc2ccncc2c1. The molecule has 6 atom stereocenters. The summed E-state index contributed by atoms with van der Waals surface area (Å²) in [5.41, 5.74) is 4.92. The molecule has 40 heavy (non-hydrogen) atoms. The maximum Gasteiger partial charge on any atom is 0.0974 e. The summed E-state index contributed by atoms with van der Waals surface area (Å²) in [4.78, 5) is 7.22. The average Bonchev–Trinajstić information content (AvgIpc) is 3.54. The van der Waals surface area contributed by atoms with Crippen molar-refractivity contribution >= 4 is 10.8 Å². The van der Waals surface area contributed by atoms with Gasteiger partial charge in [0.05, 0.1) is 11.2 Å². The van der Waals surface area contributed by atoms with Crippen LogP contribution in [-0.2, 0) is 4.74 Å². The van der Waals surface area contributed by atoms with Crippen LogP contribution in [0.25, 0.3) is 10.8 Å². The molecule has 0 unspecified atom stereocenters. The molecule has 6 aliphatic rings. The zero-order valence-corrected chi connectivity index (χ0v) is 25.8. The summed E-state index contributed by atoms with van der Waals surface area (Å²) in [6, 6.07) is 9.99. The summed E-state index contributed by atoms with van der Waals surface area (Å²) < 4.78 is 7.56. The summed E-state index contributed by atoms with van der Waals surface area (Å²) in [7, 11) is 0. The monoisotopic (exact) mass is 540 g/mol. The van der Waals surface area contributed by atoms with E-state index in [9.17, 15) is 0 Å². The fourth-order valence-corrected chi connectivity index (χ4v) is 9.85. The van der Waals surface area contributed by atoms with E-state index in [4.69, 9.17) is 4.74 Å². The zero-order valence-electron chi connectivity index (χ0n) is 25.8. The Kier molecular flexibility index (Phi) is 7.76. The number of aromatic nitrogens is 1. The van der Waals surface area contributed by atoms with E-state index < -0.39 is 0 Å². The standard InChI is InChI=1S/C33H40N2O.2C2H6/c1-31-13-11-27-20-26-7-8-28(35-17-3-2-4-18-35)21-32(26)14-15-33(27,36-32)30(31)10-9-29(31)24-6-5-23-12-16-34-22-25(23)19-24;2*1-2/h5-6,11-12,16,19-20,22,28-30H,2-4,7-10,13-15,17-18,21H2,1H3;2*1-2H3/t28-,29-,30-,31-,32-,33-;;/m1../s1. The number of ether oxygens (including phenoxy) is 1. The smallest absolute Gasteiger partial charge is 0.0974 e. The first-order chi connectivity index (χ1) is 19.6. The van der Waals surface area contributed by atoms with E-state index >= 15 is 0 Å². The molecule has 4 heterocycles. The van der Waals surface area contributed by atoms with Crippen LogP contribution in [0.15, 0.2) is 60.0 Å². The molecule has 1 aromatic heterocycles. The number of fused-ring (bicyclic) bond motifs is 2. The van der Waals surface area contributed by atoms with E-state index in [2.05, 4.69) is 53.2 Å². The lowest BCUT2D eigenvalue weighted by Gasteiger charge is -2.55. The molecule has 8 rings (SSSR count). The molecular formula is C37H52N2O. The fraction of sp³-hybridized carbons (Fsp3) is 0.649. The molecule has 4 fully saturated rings. The number of pyridine rings is 1. The van der Waals surface area contributed by atoms with Gasteiger partial charge in [-0.15, -0.1) is 0 Å². The Morgan fingerprint density at radius 2 is 1.75 bits per heavy atom. The van der Waals surface area contributed by atoms with E-state index in [-0.39, 0.29) is 16.6 Å². The van der Waals surface area contributed by atoms with Crippen molar-refractivity contribution in [3.8, 4) is 0 Å². The Balaban J connectivity index is 0.000000694. The minimum Gasteiger partial charge on any atom is -0.359 e. The summed E-state index contributed by atoms with van der Waals surface area (Å²) in [6.07, 6.45) is 23.4. The largest absolute Gasteiger partial charge is 0.359 e. The molecule has 2 saturated carbocycles. The number of nitrogens with zero attached hydrogens (tertiary/aromatic N) is 2. The number of hydrogen-bond donors (Lipinski definition) is 0. The maximum absolute atomic E-state index is 7.56. The molecule has 0 N–H and O–H groups in total. The van der Waals surface area contributed by atoms with Gasteiger partial charge in [0, 0.05) is 23.8 Å². The highest BCUT2D eigenvalue weighted by molar-refractivity contribution is 5.82. The lowest BCUT2D eigenvalue weighted by molar-refractivity contribution is -0.141. The quantitative estimate of drug-likeness (QED) is 0.379. The van der Waals surface area contributed by atoms with E-state index in [1.54, 1.807) is 11.1 Å². The topological polar surface area (TPSA) is 25.4 Å². The third kappa shape index (κ3) is 4.25.